The summed E-state index contributed by atoms with van der Waals surface area (Å²) in [6.45, 7) is 0.289. The molecule has 2 rings (SSSR count). The van der Waals surface area contributed by atoms with E-state index in [9.17, 15) is 4.79 Å². The Morgan fingerprint density at radius 3 is 2.78 bits per heavy atom. The topological polar surface area (TPSA) is 50.4 Å². The number of ether oxygens (including phenoxy) is 1. The number of anilines is 1. The molecule has 0 atom stereocenters. The average Bonchev–Trinajstić information content (AvgIpc) is 2.89. The molecule has 0 aromatic heterocycles. The highest BCUT2D eigenvalue weighted by atomic mass is 16.5. The van der Waals surface area contributed by atoms with Crippen molar-refractivity contribution in [1.29, 1.82) is 0 Å². The van der Waals surface area contributed by atoms with Gasteiger partial charge in [0.1, 0.15) is 5.75 Å². The van der Waals surface area contributed by atoms with Crippen molar-refractivity contribution < 1.29 is 9.53 Å². The van der Waals surface area contributed by atoms with E-state index in [4.69, 9.17) is 4.74 Å². The van der Waals surface area contributed by atoms with Crippen LogP contribution in [0.15, 0.2) is 24.3 Å². The van der Waals surface area contributed by atoms with Gasteiger partial charge in [0.2, 0.25) is 5.91 Å². The van der Waals surface area contributed by atoms with Gasteiger partial charge in [-0.05, 0) is 25.0 Å². The van der Waals surface area contributed by atoms with Crippen LogP contribution in [0.25, 0.3) is 0 Å². The van der Waals surface area contributed by atoms with Crippen molar-refractivity contribution >= 4 is 11.6 Å². The quantitative estimate of drug-likeness (QED) is 0.839. The van der Waals surface area contributed by atoms with Gasteiger partial charge in [0.25, 0.3) is 0 Å². The van der Waals surface area contributed by atoms with Crippen LogP contribution in [0.5, 0.6) is 5.75 Å². The standard InChI is InChI=1S/C14H20N2O2/c1-18-13-9-5-4-8-12(13)15-10-14(17)16-11-6-2-3-7-11/h4-5,8-9,11,15H,2-3,6-7,10H2,1H3,(H,16,17). The number of hydrogen-bond donors (Lipinski definition) is 2. The molecule has 1 fully saturated rings. The molecule has 0 spiro atoms. The molecule has 1 aromatic carbocycles. The van der Waals surface area contributed by atoms with Crippen LogP contribution in [0.3, 0.4) is 0 Å². The van der Waals surface area contributed by atoms with Crippen molar-refractivity contribution in [2.24, 2.45) is 0 Å². The molecule has 0 heterocycles. The molecule has 1 aromatic rings. The van der Waals surface area contributed by atoms with Crippen molar-refractivity contribution in [1.82, 2.24) is 5.32 Å². The van der Waals surface area contributed by atoms with E-state index in [0.29, 0.717) is 6.04 Å². The van der Waals surface area contributed by atoms with E-state index >= 15 is 0 Å². The smallest absolute Gasteiger partial charge is 0.239 e. The van der Waals surface area contributed by atoms with Crippen LogP contribution in [0, 0.1) is 0 Å². The highest BCUT2D eigenvalue weighted by Crippen LogP contribution is 2.22. The Labute approximate surface area is 108 Å². The molecule has 18 heavy (non-hydrogen) atoms. The fraction of sp³-hybridized carbons (Fsp3) is 0.500. The third kappa shape index (κ3) is 3.39. The summed E-state index contributed by atoms with van der Waals surface area (Å²) in [6.07, 6.45) is 4.68. The Kier molecular flexibility index (Phi) is 4.45. The molecule has 2 N–H and O–H groups in total. The maximum atomic E-state index is 11.8. The number of hydrogen-bond acceptors (Lipinski definition) is 3. The van der Waals surface area contributed by atoms with Crippen molar-refractivity contribution in [3.05, 3.63) is 24.3 Å². The first-order valence-electron chi connectivity index (χ1n) is 6.46. The average molecular weight is 248 g/mol. The number of rotatable bonds is 5. The fourth-order valence-corrected chi connectivity index (χ4v) is 2.32. The molecular weight excluding hydrogens is 228 g/mol. The van der Waals surface area contributed by atoms with E-state index in [1.165, 1.54) is 12.8 Å². The van der Waals surface area contributed by atoms with Gasteiger partial charge in [-0.15, -0.1) is 0 Å². The molecule has 98 valence electrons. The number of carbonyl (C=O) groups excluding carboxylic acids is 1. The number of para-hydroxylation sites is 2. The monoisotopic (exact) mass is 248 g/mol. The lowest BCUT2D eigenvalue weighted by atomic mass is 10.2. The van der Waals surface area contributed by atoms with Gasteiger partial charge in [-0.1, -0.05) is 25.0 Å². The molecule has 0 saturated heterocycles. The lowest BCUT2D eigenvalue weighted by molar-refractivity contribution is -0.120. The minimum absolute atomic E-state index is 0.0489. The predicted molar refractivity (Wildman–Crippen MR) is 71.9 cm³/mol. The molecule has 4 nitrogen and oxygen atoms in total. The number of carbonyl (C=O) groups is 1. The minimum Gasteiger partial charge on any atom is -0.495 e. The maximum absolute atomic E-state index is 11.8. The van der Waals surface area contributed by atoms with Crippen LogP contribution in [0.1, 0.15) is 25.7 Å². The van der Waals surface area contributed by atoms with E-state index in [1.807, 2.05) is 24.3 Å². The minimum atomic E-state index is 0.0489. The van der Waals surface area contributed by atoms with E-state index in [2.05, 4.69) is 10.6 Å². The molecule has 0 aliphatic heterocycles. The summed E-state index contributed by atoms with van der Waals surface area (Å²) in [4.78, 5) is 11.8. The Balaban J connectivity index is 1.81. The number of nitrogens with one attached hydrogen (secondary N) is 2. The summed E-state index contributed by atoms with van der Waals surface area (Å²) < 4.78 is 5.22. The molecule has 4 heteroatoms. The van der Waals surface area contributed by atoms with Crippen molar-refractivity contribution in [2.45, 2.75) is 31.7 Å². The summed E-state index contributed by atoms with van der Waals surface area (Å²) in [5.41, 5.74) is 0.849. The van der Waals surface area contributed by atoms with Gasteiger partial charge in [-0.25, -0.2) is 0 Å². The maximum Gasteiger partial charge on any atom is 0.239 e. The first-order chi connectivity index (χ1) is 8.79. The lowest BCUT2D eigenvalue weighted by Crippen LogP contribution is -2.36. The predicted octanol–water partition coefficient (Wildman–Crippen LogP) is 2.17. The van der Waals surface area contributed by atoms with E-state index in [-0.39, 0.29) is 12.5 Å². The molecule has 0 unspecified atom stereocenters. The van der Waals surface area contributed by atoms with Gasteiger partial charge in [-0.3, -0.25) is 4.79 Å². The zero-order valence-corrected chi connectivity index (χ0v) is 10.7. The molecular formula is C14H20N2O2. The molecule has 0 bridgehead atoms. The van der Waals surface area contributed by atoms with Crippen LogP contribution in [-0.4, -0.2) is 25.6 Å². The lowest BCUT2D eigenvalue weighted by Gasteiger charge is -2.14. The second-order valence-electron chi connectivity index (χ2n) is 4.60. The number of amides is 1. The first-order valence-corrected chi connectivity index (χ1v) is 6.46. The molecule has 0 radical (unpaired) electrons. The van der Waals surface area contributed by atoms with Gasteiger partial charge < -0.3 is 15.4 Å². The summed E-state index contributed by atoms with van der Waals surface area (Å²) >= 11 is 0. The molecule has 1 aliphatic carbocycles. The summed E-state index contributed by atoms with van der Waals surface area (Å²) in [5.74, 6) is 0.805. The van der Waals surface area contributed by atoms with Crippen molar-refractivity contribution in [3.8, 4) is 5.75 Å². The normalized spacial score (nSPS) is 15.4. The third-order valence-corrected chi connectivity index (χ3v) is 3.27. The van der Waals surface area contributed by atoms with Gasteiger partial charge in [0.15, 0.2) is 0 Å². The van der Waals surface area contributed by atoms with E-state index < -0.39 is 0 Å². The Morgan fingerprint density at radius 1 is 1.33 bits per heavy atom. The molecule has 1 amide bonds. The van der Waals surface area contributed by atoms with Crippen LogP contribution in [0.4, 0.5) is 5.69 Å². The van der Waals surface area contributed by atoms with Gasteiger partial charge in [-0.2, -0.15) is 0 Å². The number of benzene rings is 1. The second kappa shape index (κ2) is 6.28. The van der Waals surface area contributed by atoms with Crippen LogP contribution in [0.2, 0.25) is 0 Å². The molecule has 1 aliphatic rings. The Bertz CT molecular complexity index is 401. The van der Waals surface area contributed by atoms with Gasteiger partial charge in [0, 0.05) is 6.04 Å². The SMILES string of the molecule is COc1ccccc1NCC(=O)NC1CCCC1. The first kappa shape index (κ1) is 12.7. The zero-order valence-electron chi connectivity index (χ0n) is 10.7. The fourth-order valence-electron chi connectivity index (χ4n) is 2.32. The summed E-state index contributed by atoms with van der Waals surface area (Å²) in [6, 6.07) is 7.97. The highest BCUT2D eigenvalue weighted by Gasteiger charge is 2.16. The van der Waals surface area contributed by atoms with Crippen LogP contribution in [-0.2, 0) is 4.79 Å². The molecule has 1 saturated carbocycles. The van der Waals surface area contributed by atoms with Crippen molar-refractivity contribution in [3.63, 3.8) is 0 Å². The summed E-state index contributed by atoms with van der Waals surface area (Å²) in [5, 5.41) is 6.15. The second-order valence-corrected chi connectivity index (χ2v) is 4.60. The van der Waals surface area contributed by atoms with Crippen LogP contribution >= 0.6 is 0 Å². The number of methoxy groups -OCH3 is 1. The van der Waals surface area contributed by atoms with E-state index in [0.717, 1.165) is 24.3 Å². The Hall–Kier alpha value is -1.71. The zero-order chi connectivity index (χ0) is 12.8. The third-order valence-electron chi connectivity index (χ3n) is 3.27. The highest BCUT2D eigenvalue weighted by molar-refractivity contribution is 5.81. The summed E-state index contributed by atoms with van der Waals surface area (Å²) in [7, 11) is 1.62. The van der Waals surface area contributed by atoms with Crippen molar-refractivity contribution in [2.75, 3.05) is 19.0 Å². The Morgan fingerprint density at radius 2 is 2.06 bits per heavy atom. The van der Waals surface area contributed by atoms with E-state index in [1.54, 1.807) is 7.11 Å². The van der Waals surface area contributed by atoms with Gasteiger partial charge in [0.05, 0.1) is 19.3 Å². The van der Waals surface area contributed by atoms with Crippen LogP contribution < -0.4 is 15.4 Å². The largest absolute Gasteiger partial charge is 0.495 e. The van der Waals surface area contributed by atoms with Gasteiger partial charge >= 0.3 is 0 Å².